The van der Waals surface area contributed by atoms with Crippen molar-refractivity contribution >= 4 is 17.2 Å². The van der Waals surface area contributed by atoms with Crippen molar-refractivity contribution in [1.82, 2.24) is 25.5 Å². The number of carbonyl (C=O) groups is 1. The van der Waals surface area contributed by atoms with Gasteiger partial charge >= 0.3 is 0 Å². The van der Waals surface area contributed by atoms with E-state index in [-0.39, 0.29) is 17.6 Å². The lowest BCUT2D eigenvalue weighted by Crippen LogP contribution is -2.28. The first-order valence-electron chi connectivity index (χ1n) is 6.29. The highest BCUT2D eigenvalue weighted by molar-refractivity contribution is 7.09. The SMILES string of the molecule is CCCc1nc(C(=O)NCC(C)c2nccs2)n[nH]1. The van der Waals surface area contributed by atoms with Crippen molar-refractivity contribution in [1.29, 1.82) is 0 Å². The molecule has 0 aromatic carbocycles. The van der Waals surface area contributed by atoms with Gasteiger partial charge in [0.15, 0.2) is 0 Å². The average Bonchev–Trinajstić information content (AvgIpc) is 3.06. The summed E-state index contributed by atoms with van der Waals surface area (Å²) in [4.78, 5) is 20.2. The fourth-order valence-corrected chi connectivity index (χ4v) is 2.33. The van der Waals surface area contributed by atoms with E-state index in [4.69, 9.17) is 0 Å². The van der Waals surface area contributed by atoms with Gasteiger partial charge in [0, 0.05) is 30.5 Å². The van der Waals surface area contributed by atoms with Crippen molar-refractivity contribution in [3.8, 4) is 0 Å². The number of hydrogen-bond donors (Lipinski definition) is 2. The van der Waals surface area contributed by atoms with Crippen LogP contribution in [0.3, 0.4) is 0 Å². The first-order chi connectivity index (χ1) is 9.20. The minimum Gasteiger partial charge on any atom is -0.349 e. The van der Waals surface area contributed by atoms with Crippen LogP contribution in [0.2, 0.25) is 0 Å². The van der Waals surface area contributed by atoms with E-state index in [1.54, 1.807) is 17.5 Å². The number of carbonyl (C=O) groups excluding carboxylic acids is 1. The summed E-state index contributed by atoms with van der Waals surface area (Å²) >= 11 is 1.59. The molecule has 1 atom stereocenters. The normalized spacial score (nSPS) is 12.3. The van der Waals surface area contributed by atoms with Crippen molar-refractivity contribution < 1.29 is 4.79 Å². The van der Waals surface area contributed by atoms with E-state index in [1.165, 1.54) is 0 Å². The summed E-state index contributed by atoms with van der Waals surface area (Å²) in [5.41, 5.74) is 0. The molecule has 6 nitrogen and oxygen atoms in total. The highest BCUT2D eigenvalue weighted by Gasteiger charge is 2.14. The molecule has 19 heavy (non-hydrogen) atoms. The number of rotatable bonds is 6. The molecule has 0 saturated carbocycles. The molecule has 2 aromatic heterocycles. The van der Waals surface area contributed by atoms with E-state index in [9.17, 15) is 4.79 Å². The lowest BCUT2D eigenvalue weighted by atomic mass is 10.2. The topological polar surface area (TPSA) is 83.6 Å². The summed E-state index contributed by atoms with van der Waals surface area (Å²) in [7, 11) is 0. The Labute approximate surface area is 115 Å². The summed E-state index contributed by atoms with van der Waals surface area (Å²) in [6, 6.07) is 0. The average molecular weight is 279 g/mol. The van der Waals surface area contributed by atoms with Crippen molar-refractivity contribution in [3.63, 3.8) is 0 Å². The minimum absolute atomic E-state index is 0.193. The number of thiazole rings is 1. The van der Waals surface area contributed by atoms with Crippen LogP contribution in [0, 0.1) is 0 Å². The molecule has 2 N–H and O–H groups in total. The molecule has 0 aliphatic carbocycles. The number of aromatic nitrogens is 4. The summed E-state index contributed by atoms with van der Waals surface area (Å²) < 4.78 is 0. The second-order valence-corrected chi connectivity index (χ2v) is 5.26. The van der Waals surface area contributed by atoms with Crippen LogP contribution in [-0.2, 0) is 6.42 Å². The van der Waals surface area contributed by atoms with Crippen LogP contribution in [-0.4, -0.2) is 32.6 Å². The molecule has 0 spiro atoms. The second kappa shape index (κ2) is 6.42. The summed E-state index contributed by atoms with van der Waals surface area (Å²) in [5.74, 6) is 0.899. The van der Waals surface area contributed by atoms with Gasteiger partial charge in [0.25, 0.3) is 5.91 Å². The molecule has 0 fully saturated rings. The largest absolute Gasteiger partial charge is 0.349 e. The third kappa shape index (κ3) is 3.60. The predicted molar refractivity (Wildman–Crippen MR) is 73.2 cm³/mol. The van der Waals surface area contributed by atoms with E-state index in [0.717, 1.165) is 23.7 Å². The first kappa shape index (κ1) is 13.7. The Morgan fingerprint density at radius 1 is 1.58 bits per heavy atom. The number of nitrogens with one attached hydrogen (secondary N) is 2. The molecule has 102 valence electrons. The lowest BCUT2D eigenvalue weighted by molar-refractivity contribution is 0.0941. The Morgan fingerprint density at radius 2 is 2.42 bits per heavy atom. The fourth-order valence-electron chi connectivity index (χ4n) is 1.64. The van der Waals surface area contributed by atoms with Gasteiger partial charge in [-0.1, -0.05) is 13.8 Å². The van der Waals surface area contributed by atoms with E-state index < -0.39 is 0 Å². The molecule has 0 radical (unpaired) electrons. The Kier molecular flexibility index (Phi) is 4.62. The standard InChI is InChI=1S/C12H17N5OS/c1-3-4-9-15-10(17-16-9)11(18)14-7-8(2)12-13-5-6-19-12/h5-6,8H,3-4,7H2,1-2H3,(H,14,18)(H,15,16,17). The Balaban J connectivity index is 1.86. The van der Waals surface area contributed by atoms with Gasteiger partial charge in [0.1, 0.15) is 5.82 Å². The molecular weight excluding hydrogens is 262 g/mol. The maximum absolute atomic E-state index is 11.9. The van der Waals surface area contributed by atoms with Crippen molar-refractivity contribution in [2.24, 2.45) is 0 Å². The van der Waals surface area contributed by atoms with Gasteiger partial charge < -0.3 is 5.32 Å². The van der Waals surface area contributed by atoms with Gasteiger partial charge in [-0.25, -0.2) is 9.97 Å². The molecule has 2 rings (SSSR count). The van der Waals surface area contributed by atoms with Crippen molar-refractivity contribution in [2.45, 2.75) is 32.6 Å². The maximum atomic E-state index is 11.9. The zero-order chi connectivity index (χ0) is 13.7. The Morgan fingerprint density at radius 3 is 3.11 bits per heavy atom. The molecule has 0 aliphatic heterocycles. The fraction of sp³-hybridized carbons (Fsp3) is 0.500. The van der Waals surface area contributed by atoms with Crippen LogP contribution in [0.1, 0.15) is 47.6 Å². The van der Waals surface area contributed by atoms with Crippen molar-refractivity contribution in [2.75, 3.05) is 6.54 Å². The van der Waals surface area contributed by atoms with Crippen LogP contribution in [0.25, 0.3) is 0 Å². The number of nitrogens with zero attached hydrogens (tertiary/aromatic N) is 3. The lowest BCUT2D eigenvalue weighted by Gasteiger charge is -2.08. The molecule has 7 heteroatoms. The second-order valence-electron chi connectivity index (χ2n) is 4.34. The van der Waals surface area contributed by atoms with Crippen LogP contribution < -0.4 is 5.32 Å². The molecular formula is C12H17N5OS. The van der Waals surface area contributed by atoms with Gasteiger partial charge in [-0.15, -0.1) is 16.4 Å². The molecule has 0 aliphatic rings. The van der Waals surface area contributed by atoms with Gasteiger partial charge in [-0.2, -0.15) is 0 Å². The number of H-pyrrole nitrogens is 1. The molecule has 0 bridgehead atoms. The molecule has 1 amide bonds. The number of amides is 1. The first-order valence-corrected chi connectivity index (χ1v) is 7.17. The summed E-state index contributed by atoms with van der Waals surface area (Å²) in [6.45, 7) is 4.61. The summed E-state index contributed by atoms with van der Waals surface area (Å²) in [5, 5.41) is 12.5. The maximum Gasteiger partial charge on any atom is 0.290 e. The highest BCUT2D eigenvalue weighted by atomic mass is 32.1. The third-order valence-electron chi connectivity index (χ3n) is 2.66. The zero-order valence-corrected chi connectivity index (χ0v) is 11.8. The van der Waals surface area contributed by atoms with Crippen LogP contribution in [0.15, 0.2) is 11.6 Å². The quantitative estimate of drug-likeness (QED) is 0.843. The van der Waals surface area contributed by atoms with Crippen molar-refractivity contribution in [3.05, 3.63) is 28.2 Å². The van der Waals surface area contributed by atoms with Crippen LogP contribution >= 0.6 is 11.3 Å². The number of aryl methyl sites for hydroxylation is 1. The summed E-state index contributed by atoms with van der Waals surface area (Å²) in [6.07, 6.45) is 3.54. The zero-order valence-electron chi connectivity index (χ0n) is 11.0. The predicted octanol–water partition coefficient (Wildman–Crippen LogP) is 1.75. The third-order valence-corrected chi connectivity index (χ3v) is 3.67. The number of hydrogen-bond acceptors (Lipinski definition) is 5. The number of aromatic amines is 1. The van der Waals surface area contributed by atoms with Gasteiger partial charge in [0.2, 0.25) is 5.82 Å². The monoisotopic (exact) mass is 279 g/mol. The van der Waals surface area contributed by atoms with Gasteiger partial charge in [-0.3, -0.25) is 9.89 Å². The smallest absolute Gasteiger partial charge is 0.290 e. The van der Waals surface area contributed by atoms with Crippen LogP contribution in [0.4, 0.5) is 0 Å². The highest BCUT2D eigenvalue weighted by Crippen LogP contribution is 2.16. The molecule has 2 aromatic rings. The van der Waals surface area contributed by atoms with E-state index in [2.05, 4.69) is 32.4 Å². The van der Waals surface area contributed by atoms with Gasteiger partial charge in [0.05, 0.1) is 5.01 Å². The Hall–Kier alpha value is -1.76. The molecule has 0 saturated heterocycles. The van der Waals surface area contributed by atoms with E-state index >= 15 is 0 Å². The van der Waals surface area contributed by atoms with E-state index in [0.29, 0.717) is 6.54 Å². The Bertz CT molecular complexity index is 522. The van der Waals surface area contributed by atoms with Gasteiger partial charge in [-0.05, 0) is 6.42 Å². The van der Waals surface area contributed by atoms with E-state index in [1.807, 2.05) is 12.3 Å². The molecule has 2 heterocycles. The van der Waals surface area contributed by atoms with Crippen LogP contribution in [0.5, 0.6) is 0 Å². The minimum atomic E-state index is -0.248. The molecule has 1 unspecified atom stereocenters.